The summed E-state index contributed by atoms with van der Waals surface area (Å²) in [6.07, 6.45) is 4.61. The van der Waals surface area contributed by atoms with Gasteiger partial charge in [0.15, 0.2) is 11.5 Å². The molecule has 8 heteroatoms. The quantitative estimate of drug-likeness (QED) is 0.776. The molecule has 2 N–H and O–H groups in total. The van der Waals surface area contributed by atoms with Crippen molar-refractivity contribution in [3.05, 3.63) is 22.7 Å². The molecule has 29 heavy (non-hydrogen) atoms. The summed E-state index contributed by atoms with van der Waals surface area (Å²) in [7, 11) is 0. The Morgan fingerprint density at radius 2 is 1.93 bits per heavy atom. The number of piperidine rings is 1. The highest BCUT2D eigenvalue weighted by molar-refractivity contribution is 6.32. The van der Waals surface area contributed by atoms with Crippen LogP contribution >= 0.6 is 11.6 Å². The van der Waals surface area contributed by atoms with E-state index in [2.05, 4.69) is 10.6 Å². The molecule has 0 bridgehead atoms. The van der Waals surface area contributed by atoms with Crippen molar-refractivity contribution in [3.8, 4) is 11.5 Å². The molecule has 0 spiro atoms. The Bertz CT molecular complexity index is 759. The van der Waals surface area contributed by atoms with Gasteiger partial charge in [0, 0.05) is 25.6 Å². The van der Waals surface area contributed by atoms with Gasteiger partial charge in [0.05, 0.1) is 30.7 Å². The van der Waals surface area contributed by atoms with E-state index in [0.29, 0.717) is 42.8 Å². The molecule has 2 saturated heterocycles. The van der Waals surface area contributed by atoms with Gasteiger partial charge in [-0.05, 0) is 49.9 Å². The van der Waals surface area contributed by atoms with Crippen LogP contribution in [0.15, 0.2) is 12.1 Å². The number of nitrogens with zero attached hydrogens (tertiary/aromatic N) is 1. The van der Waals surface area contributed by atoms with Crippen molar-refractivity contribution >= 4 is 23.4 Å². The summed E-state index contributed by atoms with van der Waals surface area (Å²) < 4.78 is 11.4. The van der Waals surface area contributed by atoms with Crippen LogP contribution < -0.4 is 20.1 Å². The normalized spacial score (nSPS) is 22.2. The van der Waals surface area contributed by atoms with Crippen molar-refractivity contribution < 1.29 is 19.1 Å². The van der Waals surface area contributed by atoms with Crippen LogP contribution in [0.3, 0.4) is 0 Å². The number of carbonyl (C=O) groups excluding carboxylic acids is 2. The number of carbonyl (C=O) groups is 2. The molecule has 3 heterocycles. The lowest BCUT2D eigenvalue weighted by Gasteiger charge is -2.33. The number of benzene rings is 1. The molecule has 158 valence electrons. The molecular formula is C21H28ClN3O4. The van der Waals surface area contributed by atoms with E-state index in [0.717, 1.165) is 44.2 Å². The van der Waals surface area contributed by atoms with Crippen molar-refractivity contribution in [1.82, 2.24) is 15.5 Å². The van der Waals surface area contributed by atoms with Gasteiger partial charge >= 0.3 is 0 Å². The molecule has 1 aromatic carbocycles. The highest BCUT2D eigenvalue weighted by Crippen LogP contribution is 2.38. The summed E-state index contributed by atoms with van der Waals surface area (Å²) in [5.74, 6) is 1.33. The third kappa shape index (κ3) is 4.95. The van der Waals surface area contributed by atoms with Crippen LogP contribution in [-0.4, -0.2) is 61.6 Å². The zero-order valence-corrected chi connectivity index (χ0v) is 17.3. The van der Waals surface area contributed by atoms with E-state index < -0.39 is 0 Å². The minimum atomic E-state index is -0.0567. The smallest absolute Gasteiger partial charge is 0.237 e. The molecule has 1 atom stereocenters. The Morgan fingerprint density at radius 1 is 1.14 bits per heavy atom. The standard InChI is InChI=1S/C21H28ClN3O4/c22-16-11-14(12-18-20(16)29-10-2-9-28-18)13-19(26)25-7-4-15(5-8-25)24-21(27)17-3-1-6-23-17/h11-12,15,17,23H,1-10,13H2,(H,24,27). The van der Waals surface area contributed by atoms with Gasteiger partial charge in [-0.2, -0.15) is 0 Å². The van der Waals surface area contributed by atoms with Gasteiger partial charge in [-0.15, -0.1) is 0 Å². The third-order valence-electron chi connectivity index (χ3n) is 5.79. The van der Waals surface area contributed by atoms with Crippen molar-refractivity contribution in [3.63, 3.8) is 0 Å². The molecule has 4 rings (SSSR count). The Balaban J connectivity index is 1.29. The van der Waals surface area contributed by atoms with Crippen LogP contribution in [0.1, 0.15) is 37.7 Å². The molecule has 2 fully saturated rings. The molecule has 0 aliphatic carbocycles. The van der Waals surface area contributed by atoms with Gasteiger partial charge in [-0.25, -0.2) is 0 Å². The van der Waals surface area contributed by atoms with Gasteiger partial charge in [0.2, 0.25) is 11.8 Å². The van der Waals surface area contributed by atoms with E-state index in [4.69, 9.17) is 21.1 Å². The Kier molecular flexibility index (Phi) is 6.45. The van der Waals surface area contributed by atoms with Gasteiger partial charge in [0.25, 0.3) is 0 Å². The molecule has 0 radical (unpaired) electrons. The predicted octanol–water partition coefficient (Wildman–Crippen LogP) is 1.90. The van der Waals surface area contributed by atoms with Crippen LogP contribution in [-0.2, 0) is 16.0 Å². The second-order valence-corrected chi connectivity index (χ2v) is 8.35. The first-order valence-corrected chi connectivity index (χ1v) is 10.9. The second kappa shape index (κ2) is 9.22. The Hall–Kier alpha value is -1.99. The van der Waals surface area contributed by atoms with E-state index >= 15 is 0 Å². The fourth-order valence-corrected chi connectivity index (χ4v) is 4.44. The second-order valence-electron chi connectivity index (χ2n) is 7.94. The maximum atomic E-state index is 12.8. The monoisotopic (exact) mass is 421 g/mol. The lowest BCUT2D eigenvalue weighted by atomic mass is 10.0. The number of hydrogen-bond acceptors (Lipinski definition) is 5. The maximum absolute atomic E-state index is 12.8. The van der Waals surface area contributed by atoms with Gasteiger partial charge in [-0.1, -0.05) is 11.6 Å². The Labute approximate surface area is 176 Å². The SMILES string of the molecule is O=C(NC1CCN(C(=O)Cc2cc(Cl)c3c(c2)OCCCO3)CC1)C1CCCN1. The van der Waals surface area contributed by atoms with E-state index in [1.54, 1.807) is 6.07 Å². The summed E-state index contributed by atoms with van der Waals surface area (Å²) in [6.45, 7) is 3.37. The van der Waals surface area contributed by atoms with E-state index in [1.165, 1.54) is 0 Å². The van der Waals surface area contributed by atoms with Gasteiger partial charge in [0.1, 0.15) is 0 Å². The average molecular weight is 422 g/mol. The number of nitrogens with one attached hydrogen (secondary N) is 2. The molecule has 1 unspecified atom stereocenters. The molecule has 2 amide bonds. The number of rotatable bonds is 4. The highest BCUT2D eigenvalue weighted by Gasteiger charge is 2.28. The first-order valence-electron chi connectivity index (χ1n) is 10.5. The summed E-state index contributed by atoms with van der Waals surface area (Å²) in [4.78, 5) is 26.9. The van der Waals surface area contributed by atoms with Gasteiger partial charge in [-0.3, -0.25) is 9.59 Å². The predicted molar refractivity (Wildman–Crippen MR) is 110 cm³/mol. The summed E-state index contributed by atoms with van der Waals surface area (Å²) in [5, 5.41) is 6.83. The van der Waals surface area contributed by atoms with Crippen LogP contribution in [0, 0.1) is 0 Å². The summed E-state index contributed by atoms with van der Waals surface area (Å²) in [5.41, 5.74) is 0.826. The number of fused-ring (bicyclic) bond motifs is 1. The van der Waals surface area contributed by atoms with Crippen molar-refractivity contribution in [2.75, 3.05) is 32.8 Å². The number of halogens is 1. The molecule has 1 aromatic rings. The topological polar surface area (TPSA) is 79.9 Å². The Morgan fingerprint density at radius 3 is 2.69 bits per heavy atom. The van der Waals surface area contributed by atoms with Crippen molar-refractivity contribution in [1.29, 1.82) is 0 Å². The van der Waals surface area contributed by atoms with Crippen LogP contribution in [0.25, 0.3) is 0 Å². The first-order chi connectivity index (χ1) is 14.1. The molecule has 0 aromatic heterocycles. The highest BCUT2D eigenvalue weighted by atomic mass is 35.5. The largest absolute Gasteiger partial charge is 0.489 e. The molecule has 7 nitrogen and oxygen atoms in total. The first kappa shape index (κ1) is 20.3. The number of ether oxygens (including phenoxy) is 2. The molecule has 3 aliphatic heterocycles. The van der Waals surface area contributed by atoms with Crippen molar-refractivity contribution in [2.45, 2.75) is 50.6 Å². The fraction of sp³-hybridized carbons (Fsp3) is 0.619. The lowest BCUT2D eigenvalue weighted by molar-refractivity contribution is -0.131. The fourth-order valence-electron chi connectivity index (χ4n) is 4.16. The van der Waals surface area contributed by atoms with Crippen LogP contribution in [0.5, 0.6) is 11.5 Å². The average Bonchev–Trinajstić information content (AvgIpc) is 3.15. The minimum absolute atomic E-state index is 0.0567. The van der Waals surface area contributed by atoms with E-state index in [9.17, 15) is 9.59 Å². The summed E-state index contributed by atoms with van der Waals surface area (Å²) in [6, 6.07) is 3.72. The lowest BCUT2D eigenvalue weighted by Crippen LogP contribution is -2.50. The molecule has 3 aliphatic rings. The number of amides is 2. The summed E-state index contributed by atoms with van der Waals surface area (Å²) >= 11 is 6.34. The number of likely N-dealkylation sites (tertiary alicyclic amines) is 1. The molecular weight excluding hydrogens is 394 g/mol. The molecule has 0 saturated carbocycles. The zero-order valence-electron chi connectivity index (χ0n) is 16.5. The van der Waals surface area contributed by atoms with Crippen molar-refractivity contribution in [2.24, 2.45) is 0 Å². The van der Waals surface area contributed by atoms with E-state index in [1.807, 2.05) is 11.0 Å². The minimum Gasteiger partial charge on any atom is -0.489 e. The van der Waals surface area contributed by atoms with Gasteiger partial charge < -0.3 is 25.0 Å². The third-order valence-corrected chi connectivity index (χ3v) is 6.07. The van der Waals surface area contributed by atoms with E-state index in [-0.39, 0.29) is 30.3 Å². The van der Waals surface area contributed by atoms with Crippen LogP contribution in [0.4, 0.5) is 0 Å². The maximum Gasteiger partial charge on any atom is 0.237 e. The number of hydrogen-bond donors (Lipinski definition) is 2. The van der Waals surface area contributed by atoms with Crippen LogP contribution in [0.2, 0.25) is 5.02 Å². The zero-order chi connectivity index (χ0) is 20.2.